The van der Waals surface area contributed by atoms with E-state index in [-0.39, 0.29) is 5.91 Å². The molecule has 0 aliphatic rings. The molecule has 0 unspecified atom stereocenters. The number of hydroxylamine groups is 1. The van der Waals surface area contributed by atoms with Crippen molar-refractivity contribution in [3.05, 3.63) is 61.0 Å². The van der Waals surface area contributed by atoms with Gasteiger partial charge in [-0.15, -0.1) is 0 Å². The van der Waals surface area contributed by atoms with Crippen LogP contribution in [0.4, 0.5) is 0 Å². The minimum atomic E-state index is -0.339. The first kappa shape index (κ1) is 31.8. The molecule has 0 aromatic heterocycles. The summed E-state index contributed by atoms with van der Waals surface area (Å²) < 4.78 is 14.3. The Labute approximate surface area is 245 Å². The summed E-state index contributed by atoms with van der Waals surface area (Å²) in [4.78, 5) is 21.6. The number of amides is 1. The van der Waals surface area contributed by atoms with Crippen LogP contribution in [0.15, 0.2) is 49.8 Å². The van der Waals surface area contributed by atoms with Gasteiger partial charge >= 0.3 is 0 Å². The van der Waals surface area contributed by atoms with Crippen LogP contribution in [0.25, 0.3) is 6.08 Å². The maximum Gasteiger partial charge on any atom is 0.267 e. The molecule has 0 heterocycles. The normalized spacial score (nSPS) is 11.5. The Morgan fingerprint density at radius 3 is 2.19 bits per heavy atom. The van der Waals surface area contributed by atoms with Gasteiger partial charge in [0.05, 0.1) is 28.8 Å². The molecule has 0 saturated heterocycles. The van der Waals surface area contributed by atoms with Crippen LogP contribution in [-0.4, -0.2) is 76.8 Å². The number of hydrogen-bond donors (Lipinski definition) is 1. The van der Waals surface area contributed by atoms with E-state index in [1.165, 1.54) is 11.6 Å². The first-order valence-corrected chi connectivity index (χ1v) is 14.5. The van der Waals surface area contributed by atoms with E-state index in [2.05, 4.69) is 83.2 Å². The molecular formula is C27H36Br3N3O4. The number of carbonyl (C=O) groups is 1. The summed E-state index contributed by atoms with van der Waals surface area (Å²) in [5.41, 5.74) is 4.53. The lowest BCUT2D eigenvalue weighted by Gasteiger charge is -2.13. The summed E-state index contributed by atoms with van der Waals surface area (Å²) in [5.74, 6) is 1.21. The highest BCUT2D eigenvalue weighted by Crippen LogP contribution is 2.35. The summed E-state index contributed by atoms with van der Waals surface area (Å²) in [6.45, 7) is 3.41. The highest BCUT2D eigenvalue weighted by molar-refractivity contribution is 9.11. The molecule has 0 bridgehead atoms. The first-order valence-electron chi connectivity index (χ1n) is 12.1. The van der Waals surface area contributed by atoms with Gasteiger partial charge in [0.2, 0.25) is 0 Å². The van der Waals surface area contributed by atoms with E-state index in [4.69, 9.17) is 14.3 Å². The second-order valence-electron chi connectivity index (χ2n) is 8.98. The number of likely N-dealkylation sites (N-methyl/N-ethyl adjacent to an activating group) is 1. The van der Waals surface area contributed by atoms with Crippen molar-refractivity contribution in [2.24, 2.45) is 0 Å². The average Bonchev–Trinajstić information content (AvgIpc) is 2.83. The van der Waals surface area contributed by atoms with E-state index < -0.39 is 0 Å². The topological polar surface area (TPSA) is 63.3 Å². The number of hydrogen-bond acceptors (Lipinski definition) is 6. The Morgan fingerprint density at radius 2 is 1.54 bits per heavy atom. The molecule has 0 fully saturated rings. The molecule has 0 aliphatic heterocycles. The van der Waals surface area contributed by atoms with E-state index in [0.717, 1.165) is 56.4 Å². The minimum absolute atomic E-state index is 0.339. The van der Waals surface area contributed by atoms with Crippen molar-refractivity contribution in [3.8, 4) is 11.5 Å². The van der Waals surface area contributed by atoms with Crippen LogP contribution >= 0.6 is 47.8 Å². The van der Waals surface area contributed by atoms with Gasteiger partial charge in [-0.25, -0.2) is 5.48 Å². The lowest BCUT2D eigenvalue weighted by atomic mass is 10.1. The summed E-state index contributed by atoms with van der Waals surface area (Å²) in [5, 5.41) is 0. The SMILES string of the molecule is CN(C)CCCOc1c(Br)cc(/C=C/C(=O)NOCCCOc2ccc(CCN(C)C)c(Br)c2)cc1Br. The van der Waals surface area contributed by atoms with Crippen molar-refractivity contribution in [1.82, 2.24) is 15.3 Å². The van der Waals surface area contributed by atoms with E-state index in [1.807, 2.05) is 38.4 Å². The lowest BCUT2D eigenvalue weighted by molar-refractivity contribution is -0.128. The van der Waals surface area contributed by atoms with Gasteiger partial charge < -0.3 is 19.3 Å². The Hall–Kier alpha value is -1.43. The summed E-state index contributed by atoms with van der Waals surface area (Å²) in [6, 6.07) is 9.85. The Balaban J connectivity index is 1.68. The largest absolute Gasteiger partial charge is 0.493 e. The molecule has 7 nitrogen and oxygen atoms in total. The van der Waals surface area contributed by atoms with E-state index in [1.54, 1.807) is 6.08 Å². The summed E-state index contributed by atoms with van der Waals surface area (Å²) in [7, 11) is 8.20. The molecular weight excluding hydrogens is 670 g/mol. The number of carbonyl (C=O) groups excluding carboxylic acids is 1. The molecule has 37 heavy (non-hydrogen) atoms. The number of nitrogens with one attached hydrogen (secondary N) is 1. The van der Waals surface area contributed by atoms with Gasteiger partial charge in [0.25, 0.3) is 5.91 Å². The van der Waals surface area contributed by atoms with Crippen LogP contribution in [0.5, 0.6) is 11.5 Å². The van der Waals surface area contributed by atoms with Crippen molar-refractivity contribution in [1.29, 1.82) is 0 Å². The maximum absolute atomic E-state index is 12.1. The minimum Gasteiger partial charge on any atom is -0.493 e. The Bertz CT molecular complexity index is 1010. The average molecular weight is 706 g/mol. The molecule has 0 atom stereocenters. The van der Waals surface area contributed by atoms with Crippen molar-refractivity contribution in [3.63, 3.8) is 0 Å². The molecule has 10 heteroatoms. The van der Waals surface area contributed by atoms with Crippen molar-refractivity contribution in [2.75, 3.05) is 61.1 Å². The Kier molecular flexibility index (Phi) is 14.8. The molecule has 2 aromatic carbocycles. The third-order valence-electron chi connectivity index (χ3n) is 5.13. The number of halogens is 3. The second-order valence-corrected chi connectivity index (χ2v) is 11.5. The molecule has 0 radical (unpaired) electrons. The van der Waals surface area contributed by atoms with E-state index in [9.17, 15) is 4.79 Å². The van der Waals surface area contributed by atoms with Gasteiger partial charge in [0.1, 0.15) is 11.5 Å². The molecule has 1 amide bonds. The summed E-state index contributed by atoms with van der Waals surface area (Å²) >= 11 is 10.7. The van der Waals surface area contributed by atoms with Gasteiger partial charge in [0, 0.05) is 30.1 Å². The number of benzene rings is 2. The van der Waals surface area contributed by atoms with Gasteiger partial charge in [0.15, 0.2) is 0 Å². The molecule has 2 rings (SSSR count). The molecule has 0 aliphatic carbocycles. The highest BCUT2D eigenvalue weighted by atomic mass is 79.9. The van der Waals surface area contributed by atoms with Crippen molar-refractivity contribution in [2.45, 2.75) is 19.3 Å². The second kappa shape index (κ2) is 17.2. The Morgan fingerprint density at radius 1 is 0.865 bits per heavy atom. The van der Waals surface area contributed by atoms with E-state index in [0.29, 0.717) is 26.2 Å². The third kappa shape index (κ3) is 12.8. The van der Waals surface area contributed by atoms with Gasteiger partial charge in [-0.3, -0.25) is 9.63 Å². The predicted molar refractivity (Wildman–Crippen MR) is 160 cm³/mol. The summed E-state index contributed by atoms with van der Waals surface area (Å²) in [6.07, 6.45) is 5.69. The zero-order valence-corrected chi connectivity index (χ0v) is 26.6. The zero-order valence-electron chi connectivity index (χ0n) is 21.9. The number of nitrogens with zero attached hydrogens (tertiary/aromatic N) is 2. The molecule has 0 spiro atoms. The van der Waals surface area contributed by atoms with E-state index >= 15 is 0 Å². The van der Waals surface area contributed by atoms with Gasteiger partial charge in [-0.2, -0.15) is 0 Å². The zero-order chi connectivity index (χ0) is 27.2. The van der Waals surface area contributed by atoms with Crippen LogP contribution in [0.2, 0.25) is 0 Å². The molecule has 0 saturated carbocycles. The fourth-order valence-corrected chi connectivity index (χ4v) is 5.19. The number of rotatable bonds is 16. The standard InChI is InChI=1S/C27H36Br3N3O4/c1-32(2)12-5-14-36-27-24(29)17-20(18-25(27)30)7-10-26(34)31-37-16-6-15-35-22-9-8-21(23(28)19-22)11-13-33(3)4/h7-10,17-19H,5-6,11-16H2,1-4H3,(H,31,34)/b10-7+. The van der Waals surface area contributed by atoms with Crippen molar-refractivity contribution < 1.29 is 19.1 Å². The monoisotopic (exact) mass is 703 g/mol. The van der Waals surface area contributed by atoms with Gasteiger partial charge in [-0.1, -0.05) is 22.0 Å². The van der Waals surface area contributed by atoms with Crippen LogP contribution in [-0.2, 0) is 16.1 Å². The van der Waals surface area contributed by atoms with Crippen LogP contribution < -0.4 is 15.0 Å². The maximum atomic E-state index is 12.1. The van der Waals surface area contributed by atoms with Gasteiger partial charge in [-0.05, 0) is 114 Å². The molecule has 1 N–H and O–H groups in total. The smallest absolute Gasteiger partial charge is 0.267 e. The first-order chi connectivity index (χ1) is 17.7. The fraction of sp³-hybridized carbons (Fsp3) is 0.444. The van der Waals surface area contributed by atoms with Crippen LogP contribution in [0.3, 0.4) is 0 Å². The fourth-order valence-electron chi connectivity index (χ4n) is 3.18. The van der Waals surface area contributed by atoms with Crippen molar-refractivity contribution >= 4 is 59.8 Å². The van der Waals surface area contributed by atoms with Crippen LogP contribution in [0, 0.1) is 0 Å². The highest BCUT2D eigenvalue weighted by Gasteiger charge is 2.09. The van der Waals surface area contributed by atoms with Crippen LogP contribution in [0.1, 0.15) is 24.0 Å². The lowest BCUT2D eigenvalue weighted by Crippen LogP contribution is -2.22. The molecule has 2 aromatic rings. The third-order valence-corrected chi connectivity index (χ3v) is 7.05. The number of ether oxygens (including phenoxy) is 2. The molecule has 204 valence electrons. The predicted octanol–water partition coefficient (Wildman–Crippen LogP) is 5.94. The quantitative estimate of drug-likeness (QED) is 0.133.